The Morgan fingerprint density at radius 2 is 1.64 bits per heavy atom. The molecule has 0 fully saturated rings. The molecule has 0 aliphatic rings. The van der Waals surface area contributed by atoms with Crippen LogP contribution < -0.4 is 15.2 Å². The molecule has 9 nitrogen and oxygen atoms in total. The lowest BCUT2D eigenvalue weighted by Gasteiger charge is -2.28. The Bertz CT molecular complexity index is 745. The summed E-state index contributed by atoms with van der Waals surface area (Å²) in [5.74, 6) is -4.15. The van der Waals surface area contributed by atoms with Crippen LogP contribution in [0.15, 0.2) is 18.2 Å². The highest BCUT2D eigenvalue weighted by atomic mass is 16.6. The van der Waals surface area contributed by atoms with E-state index < -0.39 is 41.8 Å². The number of carbonyl (C=O) groups is 4. The second kappa shape index (κ2) is 10.4. The van der Waals surface area contributed by atoms with Gasteiger partial charge in [0.1, 0.15) is 6.04 Å². The fourth-order valence-corrected chi connectivity index (χ4v) is 2.68. The molecule has 1 aromatic rings. The summed E-state index contributed by atoms with van der Waals surface area (Å²) < 4.78 is 15.2. The van der Waals surface area contributed by atoms with Crippen LogP contribution in [0, 0.1) is 5.92 Å². The van der Waals surface area contributed by atoms with E-state index >= 15 is 0 Å². The first kappa shape index (κ1) is 23.1. The monoisotopic (exact) mass is 395 g/mol. The van der Waals surface area contributed by atoms with Gasteiger partial charge in [-0.3, -0.25) is 19.2 Å². The average Bonchev–Trinajstić information content (AvgIpc) is 2.60. The molecule has 3 N–H and O–H groups in total. The molecule has 0 heterocycles. The summed E-state index contributed by atoms with van der Waals surface area (Å²) in [6.45, 7) is 5.68. The lowest BCUT2D eigenvalue weighted by atomic mass is 9.82. The summed E-state index contributed by atoms with van der Waals surface area (Å²) in [6.07, 6.45) is 0.191. The molecule has 0 aliphatic heterocycles. The van der Waals surface area contributed by atoms with Gasteiger partial charge < -0.3 is 25.1 Å². The van der Waals surface area contributed by atoms with E-state index in [0.29, 0.717) is 5.56 Å². The first-order valence-electron chi connectivity index (χ1n) is 8.71. The van der Waals surface area contributed by atoms with Crippen LogP contribution in [0.3, 0.4) is 0 Å². The first-order chi connectivity index (χ1) is 13.1. The Morgan fingerprint density at radius 1 is 1.07 bits per heavy atom. The molecule has 154 valence electrons. The molecule has 0 saturated heterocycles. The third-order valence-corrected chi connectivity index (χ3v) is 3.94. The normalized spacial score (nSPS) is 13.8. The molecule has 0 aromatic heterocycles. The van der Waals surface area contributed by atoms with Gasteiger partial charge in [-0.05, 0) is 23.6 Å². The number of aliphatic carboxylic acids is 1. The molecule has 9 heteroatoms. The van der Waals surface area contributed by atoms with Crippen molar-refractivity contribution < 1.29 is 38.5 Å². The molecular formula is C19H25NO8. The van der Waals surface area contributed by atoms with Gasteiger partial charge in [-0.25, -0.2) is 0 Å². The van der Waals surface area contributed by atoms with Gasteiger partial charge >= 0.3 is 23.9 Å². The highest BCUT2D eigenvalue weighted by molar-refractivity contribution is 5.76. The molecule has 1 rings (SSSR count). The molecule has 1 aromatic carbocycles. The summed E-state index contributed by atoms with van der Waals surface area (Å²) >= 11 is 0. The molecule has 0 saturated carbocycles. The molecule has 0 radical (unpaired) electrons. The fraction of sp³-hybridized carbons (Fsp3) is 0.474. The van der Waals surface area contributed by atoms with Gasteiger partial charge in [-0.15, -0.1) is 0 Å². The van der Waals surface area contributed by atoms with Crippen molar-refractivity contribution in [3.05, 3.63) is 23.8 Å². The zero-order chi connectivity index (χ0) is 21.4. The van der Waals surface area contributed by atoms with E-state index in [9.17, 15) is 24.3 Å². The highest BCUT2D eigenvalue weighted by Gasteiger charge is 2.32. The summed E-state index contributed by atoms with van der Waals surface area (Å²) in [5, 5.41) is 9.39. The number of ether oxygens (including phenoxy) is 3. The molecule has 0 spiro atoms. The van der Waals surface area contributed by atoms with E-state index in [1.54, 1.807) is 13.8 Å². The van der Waals surface area contributed by atoms with Gasteiger partial charge in [0.2, 0.25) is 0 Å². The number of nitrogens with two attached hydrogens (primary N) is 1. The molecule has 0 aliphatic carbocycles. The first-order valence-corrected chi connectivity index (χ1v) is 8.71. The zero-order valence-electron chi connectivity index (χ0n) is 16.3. The van der Waals surface area contributed by atoms with E-state index in [1.807, 2.05) is 0 Å². The van der Waals surface area contributed by atoms with E-state index in [0.717, 1.165) is 0 Å². The van der Waals surface area contributed by atoms with Crippen molar-refractivity contribution in [1.29, 1.82) is 0 Å². The van der Waals surface area contributed by atoms with Crippen molar-refractivity contribution in [3.8, 4) is 11.5 Å². The molecule has 0 bridgehead atoms. The number of carboxylic acids is 1. The van der Waals surface area contributed by atoms with Crippen LogP contribution in [0.2, 0.25) is 0 Å². The summed E-state index contributed by atoms with van der Waals surface area (Å²) in [7, 11) is 0. The molecule has 0 amide bonds. The average molecular weight is 395 g/mol. The number of carboxylic acid groups (broad SMARTS) is 1. The number of hydrogen-bond acceptors (Lipinski definition) is 8. The highest BCUT2D eigenvalue weighted by Crippen LogP contribution is 2.35. The third kappa shape index (κ3) is 6.66. The maximum atomic E-state index is 11.5. The minimum atomic E-state index is -1.31. The number of hydrogen-bond donors (Lipinski definition) is 2. The number of rotatable bonds is 9. The number of benzene rings is 1. The molecule has 28 heavy (non-hydrogen) atoms. The van der Waals surface area contributed by atoms with E-state index in [-0.39, 0.29) is 24.5 Å². The van der Waals surface area contributed by atoms with E-state index in [2.05, 4.69) is 0 Å². The Labute approximate surface area is 162 Å². The van der Waals surface area contributed by atoms with Crippen molar-refractivity contribution >= 4 is 23.9 Å². The van der Waals surface area contributed by atoms with Crippen LogP contribution in [0.25, 0.3) is 0 Å². The number of esters is 3. The lowest BCUT2D eigenvalue weighted by Crippen LogP contribution is -2.40. The molecule has 3 atom stereocenters. The maximum absolute atomic E-state index is 11.5. The van der Waals surface area contributed by atoms with Crippen LogP contribution in [0.5, 0.6) is 11.5 Å². The van der Waals surface area contributed by atoms with Crippen LogP contribution in [0.1, 0.15) is 45.6 Å². The van der Waals surface area contributed by atoms with Gasteiger partial charge in [0.05, 0.1) is 6.61 Å². The standard InChI is InChI=1S/C19H25NO8/c1-5-16(23)26-9-10(2)17(18(20)19(24)25)13-6-7-14(27-11(3)21)15(8-13)28-12(4)22/h6-8,10,17-18H,5,9,20H2,1-4H3,(H,24,25)/t10?,17?,18-/m0/s1. The van der Waals surface area contributed by atoms with Gasteiger partial charge in [0.25, 0.3) is 0 Å². The van der Waals surface area contributed by atoms with Gasteiger partial charge in [-0.2, -0.15) is 0 Å². The predicted octanol–water partition coefficient (Wildman–Crippen LogP) is 1.62. The third-order valence-electron chi connectivity index (χ3n) is 3.94. The molecular weight excluding hydrogens is 370 g/mol. The van der Waals surface area contributed by atoms with Gasteiger partial charge in [0.15, 0.2) is 11.5 Å². The Morgan fingerprint density at radius 3 is 2.14 bits per heavy atom. The SMILES string of the molecule is CCC(=O)OCC(C)C(c1ccc(OC(C)=O)c(OC(C)=O)c1)[C@H](N)C(=O)O. The van der Waals surface area contributed by atoms with Crippen molar-refractivity contribution in [1.82, 2.24) is 0 Å². The van der Waals surface area contributed by atoms with Crippen LogP contribution in [-0.2, 0) is 23.9 Å². The largest absolute Gasteiger partial charge is 0.480 e. The lowest BCUT2D eigenvalue weighted by molar-refractivity contribution is -0.145. The van der Waals surface area contributed by atoms with Gasteiger partial charge in [0, 0.05) is 26.2 Å². The zero-order valence-corrected chi connectivity index (χ0v) is 16.3. The Balaban J connectivity index is 3.30. The van der Waals surface area contributed by atoms with Crippen LogP contribution >= 0.6 is 0 Å². The van der Waals surface area contributed by atoms with Crippen LogP contribution in [-0.4, -0.2) is 41.6 Å². The summed E-state index contributed by atoms with van der Waals surface area (Å²) in [6, 6.07) is 3.00. The molecule has 2 unspecified atom stereocenters. The Kier molecular flexibility index (Phi) is 8.59. The van der Waals surface area contributed by atoms with Crippen molar-refractivity contribution in [2.75, 3.05) is 6.61 Å². The van der Waals surface area contributed by atoms with E-state index in [4.69, 9.17) is 19.9 Å². The minimum Gasteiger partial charge on any atom is -0.480 e. The number of carbonyl (C=O) groups excluding carboxylic acids is 3. The van der Waals surface area contributed by atoms with Crippen molar-refractivity contribution in [3.63, 3.8) is 0 Å². The van der Waals surface area contributed by atoms with Crippen molar-refractivity contribution in [2.24, 2.45) is 11.7 Å². The summed E-state index contributed by atoms with van der Waals surface area (Å²) in [4.78, 5) is 45.6. The quantitative estimate of drug-likeness (QED) is 0.471. The topological polar surface area (TPSA) is 142 Å². The summed E-state index contributed by atoms with van der Waals surface area (Å²) in [5.41, 5.74) is 6.30. The fourth-order valence-electron chi connectivity index (χ4n) is 2.68. The second-order valence-corrected chi connectivity index (χ2v) is 6.30. The predicted molar refractivity (Wildman–Crippen MR) is 97.8 cm³/mol. The maximum Gasteiger partial charge on any atom is 0.321 e. The second-order valence-electron chi connectivity index (χ2n) is 6.30. The Hall–Kier alpha value is -2.94. The van der Waals surface area contributed by atoms with E-state index in [1.165, 1.54) is 32.0 Å². The van der Waals surface area contributed by atoms with Gasteiger partial charge in [-0.1, -0.05) is 19.9 Å². The minimum absolute atomic E-state index is 0.0131. The van der Waals surface area contributed by atoms with Crippen LogP contribution in [0.4, 0.5) is 0 Å². The van der Waals surface area contributed by atoms with Crippen molar-refractivity contribution in [2.45, 2.75) is 46.1 Å². The smallest absolute Gasteiger partial charge is 0.321 e.